The molecule has 0 aliphatic heterocycles. The molecule has 0 saturated carbocycles. The predicted molar refractivity (Wildman–Crippen MR) is 57.8 cm³/mol. The van der Waals surface area contributed by atoms with Gasteiger partial charge >= 0.3 is 0 Å². The fourth-order valence-electron chi connectivity index (χ4n) is 1.04. The van der Waals surface area contributed by atoms with Gasteiger partial charge in [-0.1, -0.05) is 0 Å². The molecule has 0 atom stereocenters. The lowest BCUT2D eigenvalue weighted by molar-refractivity contribution is 0.181. The van der Waals surface area contributed by atoms with E-state index in [1.54, 1.807) is 24.9 Å². The van der Waals surface area contributed by atoms with E-state index >= 15 is 0 Å². The maximum absolute atomic E-state index is 5.29. The molecule has 78 valence electrons. The van der Waals surface area contributed by atoms with Gasteiger partial charge in [-0.15, -0.1) is 0 Å². The predicted octanol–water partition coefficient (Wildman–Crippen LogP) is 0.772. The van der Waals surface area contributed by atoms with Crippen molar-refractivity contribution in [3.05, 3.63) is 17.6 Å². The molecule has 0 spiro atoms. The first-order valence-electron chi connectivity index (χ1n) is 4.11. The van der Waals surface area contributed by atoms with Gasteiger partial charge in [0.1, 0.15) is 11.6 Å². The summed E-state index contributed by atoms with van der Waals surface area (Å²) in [7, 11) is 1.63. The molecule has 0 aliphatic rings. The molecule has 0 amide bonds. The van der Waals surface area contributed by atoms with E-state index in [2.05, 4.69) is 15.4 Å². The van der Waals surface area contributed by atoms with Crippen molar-refractivity contribution in [2.45, 2.75) is 12.4 Å². The molecule has 5 nitrogen and oxygen atoms in total. The molecule has 0 aliphatic carbocycles. The Hall–Kier alpha value is -0.850. The number of nitrogens with two attached hydrogens (primary N) is 1. The van der Waals surface area contributed by atoms with Crippen molar-refractivity contribution in [3.8, 4) is 0 Å². The normalized spacial score (nSPS) is 10.2. The molecule has 3 N–H and O–H groups in total. The number of hydrazine groups is 1. The minimum atomic E-state index is 0.471. The van der Waals surface area contributed by atoms with Crippen molar-refractivity contribution in [1.29, 1.82) is 0 Å². The Balaban J connectivity index is 2.88. The van der Waals surface area contributed by atoms with Crippen LogP contribution in [0.15, 0.2) is 6.07 Å². The first-order valence-corrected chi connectivity index (χ1v) is 5.51. The number of hydrogen-bond acceptors (Lipinski definition) is 6. The van der Waals surface area contributed by atoms with E-state index in [1.807, 2.05) is 6.26 Å². The average Bonchev–Trinajstić information content (AvgIpc) is 2.18. The minimum Gasteiger partial charge on any atom is -0.378 e. The maximum Gasteiger partial charge on any atom is 0.144 e. The van der Waals surface area contributed by atoms with E-state index in [9.17, 15) is 0 Å². The summed E-state index contributed by atoms with van der Waals surface area (Å²) in [5.74, 6) is 7.45. The van der Waals surface area contributed by atoms with E-state index in [0.717, 1.165) is 17.3 Å². The quantitative estimate of drug-likeness (QED) is 0.557. The summed E-state index contributed by atoms with van der Waals surface area (Å²) in [5, 5.41) is 0. The second-order valence-corrected chi connectivity index (χ2v) is 3.54. The molecular weight excluding hydrogens is 200 g/mol. The summed E-state index contributed by atoms with van der Waals surface area (Å²) < 4.78 is 4.99. The van der Waals surface area contributed by atoms with Gasteiger partial charge in [0.2, 0.25) is 0 Å². The van der Waals surface area contributed by atoms with Crippen LogP contribution in [-0.2, 0) is 17.1 Å². The van der Waals surface area contributed by atoms with Crippen molar-refractivity contribution in [3.63, 3.8) is 0 Å². The van der Waals surface area contributed by atoms with Gasteiger partial charge in [-0.3, -0.25) is 0 Å². The lowest BCUT2D eigenvalue weighted by Gasteiger charge is -2.05. The second kappa shape index (κ2) is 5.79. The highest BCUT2D eigenvalue weighted by Crippen LogP contribution is 2.10. The van der Waals surface area contributed by atoms with Crippen LogP contribution in [-0.4, -0.2) is 23.3 Å². The molecule has 1 rings (SSSR count). The molecular formula is C8H14N4OS. The number of nitrogens with zero attached hydrogens (tertiary/aromatic N) is 2. The highest BCUT2D eigenvalue weighted by Gasteiger charge is 2.02. The van der Waals surface area contributed by atoms with Crippen molar-refractivity contribution < 1.29 is 4.74 Å². The van der Waals surface area contributed by atoms with Gasteiger partial charge < -0.3 is 10.2 Å². The summed E-state index contributed by atoms with van der Waals surface area (Å²) in [6.07, 6.45) is 2.00. The van der Waals surface area contributed by atoms with Crippen molar-refractivity contribution in [2.24, 2.45) is 5.84 Å². The smallest absolute Gasteiger partial charge is 0.144 e. The number of hydrogen-bond donors (Lipinski definition) is 2. The maximum atomic E-state index is 5.29. The molecule has 14 heavy (non-hydrogen) atoms. The number of aromatic nitrogens is 2. The number of methoxy groups -OCH3 is 1. The molecule has 0 aromatic carbocycles. The van der Waals surface area contributed by atoms with Crippen LogP contribution >= 0.6 is 11.8 Å². The largest absolute Gasteiger partial charge is 0.378 e. The molecule has 6 heteroatoms. The highest BCUT2D eigenvalue weighted by molar-refractivity contribution is 7.97. The Kier molecular flexibility index (Phi) is 4.64. The van der Waals surface area contributed by atoms with Crippen LogP contribution in [0.5, 0.6) is 0 Å². The fourth-order valence-corrected chi connectivity index (χ4v) is 1.43. The van der Waals surface area contributed by atoms with Crippen LogP contribution in [0.1, 0.15) is 11.5 Å². The molecule has 0 radical (unpaired) electrons. The SMILES string of the molecule is COCc1cc(NN)nc(CSC)n1. The van der Waals surface area contributed by atoms with Gasteiger partial charge in [-0.2, -0.15) is 11.8 Å². The summed E-state index contributed by atoms with van der Waals surface area (Å²) >= 11 is 1.67. The molecule has 0 saturated heterocycles. The van der Waals surface area contributed by atoms with Gasteiger partial charge in [0.25, 0.3) is 0 Å². The highest BCUT2D eigenvalue weighted by atomic mass is 32.2. The van der Waals surface area contributed by atoms with Crippen molar-refractivity contribution >= 4 is 17.6 Å². The van der Waals surface area contributed by atoms with Crippen LogP contribution < -0.4 is 11.3 Å². The summed E-state index contributed by atoms with van der Waals surface area (Å²) in [4.78, 5) is 8.51. The van der Waals surface area contributed by atoms with E-state index in [1.165, 1.54) is 0 Å². The van der Waals surface area contributed by atoms with Crippen LogP contribution in [0.4, 0.5) is 5.82 Å². The fraction of sp³-hybridized carbons (Fsp3) is 0.500. The average molecular weight is 214 g/mol. The second-order valence-electron chi connectivity index (χ2n) is 2.67. The Labute approximate surface area is 87.4 Å². The lowest BCUT2D eigenvalue weighted by Crippen LogP contribution is -2.11. The number of ether oxygens (including phenoxy) is 1. The number of nitrogen functional groups attached to an aromatic ring is 1. The van der Waals surface area contributed by atoms with Crippen molar-refractivity contribution in [2.75, 3.05) is 18.8 Å². The van der Waals surface area contributed by atoms with Gasteiger partial charge in [0, 0.05) is 13.2 Å². The Bertz CT molecular complexity index is 270. The third kappa shape index (κ3) is 3.13. The molecule has 0 unspecified atom stereocenters. The first kappa shape index (κ1) is 11.2. The van der Waals surface area contributed by atoms with Gasteiger partial charge in [-0.25, -0.2) is 15.8 Å². The summed E-state index contributed by atoms with van der Waals surface area (Å²) in [5.41, 5.74) is 3.34. The minimum absolute atomic E-state index is 0.471. The molecule has 1 aromatic heterocycles. The number of nitrogens with one attached hydrogen (secondary N) is 1. The third-order valence-electron chi connectivity index (χ3n) is 1.54. The zero-order chi connectivity index (χ0) is 10.4. The number of anilines is 1. The first-order chi connectivity index (χ1) is 6.80. The molecule has 0 bridgehead atoms. The van der Waals surface area contributed by atoms with Crippen LogP contribution in [0.3, 0.4) is 0 Å². The Morgan fingerprint density at radius 3 is 2.93 bits per heavy atom. The number of thioether (sulfide) groups is 1. The standard InChI is InChI=1S/C8H14N4OS/c1-13-4-6-3-7(12-9)11-8(10-6)5-14-2/h3H,4-5,9H2,1-2H3,(H,10,11,12). The zero-order valence-corrected chi connectivity index (χ0v) is 9.10. The van der Waals surface area contributed by atoms with Gasteiger partial charge in [0.15, 0.2) is 0 Å². The monoisotopic (exact) mass is 214 g/mol. The zero-order valence-electron chi connectivity index (χ0n) is 8.28. The van der Waals surface area contributed by atoms with E-state index in [-0.39, 0.29) is 0 Å². The van der Waals surface area contributed by atoms with Gasteiger partial charge in [-0.05, 0) is 6.26 Å². The van der Waals surface area contributed by atoms with Crippen molar-refractivity contribution in [1.82, 2.24) is 9.97 Å². The van der Waals surface area contributed by atoms with Crippen LogP contribution in [0.2, 0.25) is 0 Å². The van der Waals surface area contributed by atoms with Crippen LogP contribution in [0, 0.1) is 0 Å². The topological polar surface area (TPSA) is 73.1 Å². The van der Waals surface area contributed by atoms with Gasteiger partial charge in [0.05, 0.1) is 18.1 Å². The Morgan fingerprint density at radius 1 is 1.57 bits per heavy atom. The number of rotatable bonds is 5. The van der Waals surface area contributed by atoms with Crippen LogP contribution in [0.25, 0.3) is 0 Å². The Morgan fingerprint density at radius 2 is 2.36 bits per heavy atom. The molecule has 1 aromatic rings. The molecule has 1 heterocycles. The van der Waals surface area contributed by atoms with E-state index < -0.39 is 0 Å². The summed E-state index contributed by atoms with van der Waals surface area (Å²) in [6.45, 7) is 0.471. The third-order valence-corrected chi connectivity index (χ3v) is 2.09. The lowest BCUT2D eigenvalue weighted by atomic mass is 10.4. The summed E-state index contributed by atoms with van der Waals surface area (Å²) in [6, 6.07) is 1.77. The molecule has 0 fully saturated rings. The van der Waals surface area contributed by atoms with E-state index in [4.69, 9.17) is 10.6 Å². The van der Waals surface area contributed by atoms with E-state index in [0.29, 0.717) is 12.4 Å².